The molecule has 4 aromatic rings. The van der Waals surface area contributed by atoms with Crippen molar-refractivity contribution >= 4 is 17.1 Å². The Morgan fingerprint density at radius 1 is 0.976 bits per heavy atom. The standard InChI is InChI=1S/C31H36N5O5/c1-33-27-26(28(37)34(2)30(33)39)35(20-32-27)16-17-36(3)23-14-15-24(36)19-25(18-23)41-29(38)31(40,21-10-6-4-7-11-21)22-12-8-5-9-13-22/h4-13,20,23-25,40H,14-19H2,1-3H3/q+1. The summed E-state index contributed by atoms with van der Waals surface area (Å²) in [5.41, 5.74) is -0.865. The van der Waals surface area contributed by atoms with Crippen molar-refractivity contribution in [2.45, 2.75) is 56.0 Å². The van der Waals surface area contributed by atoms with Crippen molar-refractivity contribution in [3.8, 4) is 0 Å². The zero-order valence-electron chi connectivity index (χ0n) is 23.6. The number of aromatic nitrogens is 4. The predicted molar refractivity (Wildman–Crippen MR) is 153 cm³/mol. The first-order valence-electron chi connectivity index (χ1n) is 14.1. The average Bonchev–Trinajstić information content (AvgIpc) is 3.47. The topological polar surface area (TPSA) is 108 Å². The van der Waals surface area contributed by atoms with Crippen LogP contribution in [0, 0.1) is 0 Å². The number of carbonyl (C=O) groups excluding carboxylic acids is 1. The van der Waals surface area contributed by atoms with Gasteiger partial charge in [0, 0.05) is 39.8 Å². The van der Waals surface area contributed by atoms with Crippen LogP contribution >= 0.6 is 0 Å². The second kappa shape index (κ2) is 10.1. The first kappa shape index (κ1) is 27.2. The highest BCUT2D eigenvalue weighted by atomic mass is 16.6. The molecule has 41 heavy (non-hydrogen) atoms. The molecule has 6 rings (SSSR count). The summed E-state index contributed by atoms with van der Waals surface area (Å²) < 4.78 is 11.3. The molecule has 2 saturated heterocycles. The van der Waals surface area contributed by atoms with E-state index in [2.05, 4.69) is 12.0 Å². The highest BCUT2D eigenvalue weighted by Gasteiger charge is 2.53. The number of benzene rings is 2. The van der Waals surface area contributed by atoms with Crippen LogP contribution in [0.1, 0.15) is 36.8 Å². The number of hydrogen-bond donors (Lipinski definition) is 1. The first-order chi connectivity index (χ1) is 19.6. The Bertz CT molecular complexity index is 1650. The fourth-order valence-corrected chi connectivity index (χ4v) is 7.04. The molecule has 0 saturated carbocycles. The summed E-state index contributed by atoms with van der Waals surface area (Å²) in [6.45, 7) is 1.37. The van der Waals surface area contributed by atoms with Crippen LogP contribution in [0.3, 0.4) is 0 Å². The number of quaternary nitrogens is 1. The molecule has 1 N–H and O–H groups in total. The molecule has 0 aliphatic carbocycles. The first-order valence-corrected chi connectivity index (χ1v) is 14.1. The highest BCUT2D eigenvalue weighted by Crippen LogP contribution is 2.43. The van der Waals surface area contributed by atoms with Crippen molar-refractivity contribution in [3.63, 3.8) is 0 Å². The van der Waals surface area contributed by atoms with Crippen LogP contribution < -0.4 is 11.2 Å². The molecule has 0 amide bonds. The number of likely N-dealkylation sites (N-methyl/N-ethyl adjacent to an activating group) is 1. The number of carbonyl (C=O) groups is 1. The van der Waals surface area contributed by atoms with E-state index in [0.29, 0.717) is 41.7 Å². The third kappa shape index (κ3) is 4.33. The molecule has 214 valence electrons. The van der Waals surface area contributed by atoms with Crippen molar-refractivity contribution in [2.75, 3.05) is 13.6 Å². The zero-order valence-corrected chi connectivity index (χ0v) is 23.6. The minimum Gasteiger partial charge on any atom is -0.459 e. The molecule has 2 aromatic carbocycles. The lowest BCUT2D eigenvalue weighted by molar-refractivity contribution is -0.949. The molecular formula is C31H36N5O5+. The van der Waals surface area contributed by atoms with Crippen LogP contribution in [-0.2, 0) is 35.8 Å². The Hall–Kier alpha value is -4.02. The van der Waals surface area contributed by atoms with E-state index in [0.717, 1.165) is 28.4 Å². The fourth-order valence-electron chi connectivity index (χ4n) is 7.04. The van der Waals surface area contributed by atoms with E-state index >= 15 is 0 Å². The molecule has 2 atom stereocenters. The van der Waals surface area contributed by atoms with Gasteiger partial charge in [-0.3, -0.25) is 13.9 Å². The molecule has 0 spiro atoms. The molecular weight excluding hydrogens is 522 g/mol. The van der Waals surface area contributed by atoms with Crippen LogP contribution in [0.2, 0.25) is 0 Å². The number of nitrogens with zero attached hydrogens (tertiary/aromatic N) is 5. The zero-order chi connectivity index (χ0) is 28.9. The van der Waals surface area contributed by atoms with Gasteiger partial charge in [0.05, 0.1) is 38.5 Å². The van der Waals surface area contributed by atoms with Gasteiger partial charge < -0.3 is 18.9 Å². The van der Waals surface area contributed by atoms with Gasteiger partial charge >= 0.3 is 11.7 Å². The Balaban J connectivity index is 1.20. The van der Waals surface area contributed by atoms with Crippen LogP contribution in [0.5, 0.6) is 0 Å². The monoisotopic (exact) mass is 558 g/mol. The van der Waals surface area contributed by atoms with Gasteiger partial charge in [0.1, 0.15) is 6.10 Å². The number of piperidine rings is 1. The summed E-state index contributed by atoms with van der Waals surface area (Å²) in [4.78, 5) is 43.3. The average molecular weight is 559 g/mol. The van der Waals surface area contributed by atoms with Gasteiger partial charge in [-0.05, 0) is 11.1 Å². The van der Waals surface area contributed by atoms with E-state index in [1.54, 1.807) is 61.9 Å². The largest absolute Gasteiger partial charge is 0.459 e. The maximum absolute atomic E-state index is 13.7. The molecule has 2 aromatic heterocycles. The lowest BCUT2D eigenvalue weighted by Gasteiger charge is -2.47. The van der Waals surface area contributed by atoms with Crippen molar-refractivity contribution in [1.29, 1.82) is 0 Å². The Kier molecular flexibility index (Phi) is 6.70. The lowest BCUT2D eigenvalue weighted by atomic mass is 9.86. The summed E-state index contributed by atoms with van der Waals surface area (Å²) in [7, 11) is 5.36. The molecule has 2 unspecified atom stereocenters. The highest BCUT2D eigenvalue weighted by molar-refractivity contribution is 5.85. The van der Waals surface area contributed by atoms with Gasteiger partial charge in [-0.15, -0.1) is 0 Å². The second-order valence-electron chi connectivity index (χ2n) is 11.7. The fraction of sp³-hybridized carbons (Fsp3) is 0.419. The van der Waals surface area contributed by atoms with Gasteiger partial charge in [-0.1, -0.05) is 60.7 Å². The van der Waals surface area contributed by atoms with Gasteiger partial charge in [-0.2, -0.15) is 0 Å². The van der Waals surface area contributed by atoms with Crippen LogP contribution in [0.25, 0.3) is 11.2 Å². The summed E-state index contributed by atoms with van der Waals surface area (Å²) in [6.07, 6.45) is 4.82. The van der Waals surface area contributed by atoms with Crippen molar-refractivity contribution in [1.82, 2.24) is 18.7 Å². The van der Waals surface area contributed by atoms with Crippen molar-refractivity contribution in [3.05, 3.63) is 99.0 Å². The number of fused-ring (bicyclic) bond motifs is 3. The predicted octanol–water partition coefficient (Wildman–Crippen LogP) is 2.05. The molecule has 4 heterocycles. The second-order valence-corrected chi connectivity index (χ2v) is 11.7. The SMILES string of the molecule is Cn1c(=O)c2c(ncn2CC[N+]2(C)C3CCC2CC(OC(=O)C(O)(c2ccccc2)c2ccccc2)C3)n(C)c1=O. The minimum absolute atomic E-state index is 0.287. The van der Waals surface area contributed by atoms with Gasteiger partial charge in [0.15, 0.2) is 11.2 Å². The molecule has 2 aliphatic heterocycles. The number of ether oxygens (including phenoxy) is 1. The van der Waals surface area contributed by atoms with E-state index in [-0.39, 0.29) is 23.7 Å². The summed E-state index contributed by atoms with van der Waals surface area (Å²) in [5.74, 6) is -0.651. The number of aliphatic hydroxyl groups is 1. The Labute approximate surface area is 237 Å². The molecule has 2 fully saturated rings. The number of esters is 1. The quantitative estimate of drug-likeness (QED) is 0.275. The minimum atomic E-state index is -1.90. The molecule has 0 radical (unpaired) electrons. The maximum Gasteiger partial charge on any atom is 0.347 e. The van der Waals surface area contributed by atoms with E-state index in [9.17, 15) is 19.5 Å². The van der Waals surface area contributed by atoms with E-state index in [1.165, 1.54) is 11.6 Å². The Morgan fingerprint density at radius 2 is 1.54 bits per heavy atom. The van der Waals surface area contributed by atoms with E-state index in [1.807, 2.05) is 16.7 Å². The smallest absolute Gasteiger partial charge is 0.347 e. The van der Waals surface area contributed by atoms with Gasteiger partial charge in [0.2, 0.25) is 5.60 Å². The summed E-state index contributed by atoms with van der Waals surface area (Å²) >= 11 is 0. The van der Waals surface area contributed by atoms with E-state index < -0.39 is 17.3 Å². The number of imidazole rings is 1. The molecule has 10 heteroatoms. The van der Waals surface area contributed by atoms with Crippen molar-refractivity contribution in [2.24, 2.45) is 14.1 Å². The number of aryl methyl sites for hydroxylation is 1. The maximum atomic E-state index is 13.7. The van der Waals surface area contributed by atoms with Crippen LogP contribution in [0.4, 0.5) is 0 Å². The van der Waals surface area contributed by atoms with Gasteiger partial charge in [0.25, 0.3) is 5.56 Å². The van der Waals surface area contributed by atoms with Crippen LogP contribution in [-0.4, -0.2) is 66.0 Å². The number of hydrogen-bond acceptors (Lipinski definition) is 6. The third-order valence-electron chi connectivity index (χ3n) is 9.56. The normalized spacial score (nSPS) is 24.0. The van der Waals surface area contributed by atoms with Crippen LogP contribution in [0.15, 0.2) is 76.6 Å². The molecule has 2 bridgehead atoms. The summed E-state index contributed by atoms with van der Waals surface area (Å²) in [6, 6.07) is 18.5. The summed E-state index contributed by atoms with van der Waals surface area (Å²) in [5, 5.41) is 11.8. The van der Waals surface area contributed by atoms with Gasteiger partial charge in [-0.25, -0.2) is 14.6 Å². The lowest BCUT2D eigenvalue weighted by Crippen LogP contribution is -2.60. The Morgan fingerprint density at radius 3 is 2.10 bits per heavy atom. The third-order valence-corrected chi connectivity index (χ3v) is 9.56. The number of rotatable bonds is 7. The molecule has 10 nitrogen and oxygen atoms in total. The van der Waals surface area contributed by atoms with E-state index in [4.69, 9.17) is 4.74 Å². The van der Waals surface area contributed by atoms with Crippen molar-refractivity contribution < 1.29 is 19.1 Å². The molecule has 2 aliphatic rings.